The van der Waals surface area contributed by atoms with Crippen LogP contribution in [-0.2, 0) is 59.3 Å². The number of pyridine rings is 2. The molecule has 0 unspecified atom stereocenters. The SMILES string of the molecule is CC(C)CCS(=O)(=O)N1Cc2cccc(c2)CNCc2cncc(c2)CN(S(=O)(=O)CCC(C)C)Cc2cncc(c2)C1. The fourth-order valence-corrected chi connectivity index (χ4v) is 8.41. The Hall–Kier alpha value is -2.70. The third-order valence-corrected chi connectivity index (χ3v) is 11.1. The zero-order chi connectivity index (χ0) is 31.0. The van der Waals surface area contributed by atoms with Gasteiger partial charge in [0.05, 0.1) is 11.5 Å². The molecule has 0 radical (unpaired) electrons. The van der Waals surface area contributed by atoms with Gasteiger partial charge in [-0.1, -0.05) is 64.1 Å². The van der Waals surface area contributed by atoms with E-state index in [9.17, 15) is 16.8 Å². The fourth-order valence-electron chi connectivity index (χ4n) is 4.98. The number of hydrogen-bond donors (Lipinski definition) is 1. The molecule has 11 heteroatoms. The van der Waals surface area contributed by atoms with Gasteiger partial charge in [-0.3, -0.25) is 9.97 Å². The van der Waals surface area contributed by atoms with Crippen molar-refractivity contribution in [2.24, 2.45) is 11.8 Å². The summed E-state index contributed by atoms with van der Waals surface area (Å²) >= 11 is 0. The topological polar surface area (TPSA) is 113 Å². The molecule has 1 aliphatic rings. The number of nitrogens with zero attached hydrogens (tertiary/aromatic N) is 4. The average molecular weight is 628 g/mol. The zero-order valence-corrected chi connectivity index (χ0v) is 27.4. The van der Waals surface area contributed by atoms with Crippen LogP contribution in [0.4, 0.5) is 0 Å². The first-order valence-corrected chi connectivity index (χ1v) is 18.2. The Balaban J connectivity index is 1.73. The van der Waals surface area contributed by atoms with Gasteiger partial charge in [0.15, 0.2) is 0 Å². The molecule has 1 N–H and O–H groups in total. The number of benzene rings is 1. The van der Waals surface area contributed by atoms with Gasteiger partial charge in [0, 0.05) is 64.1 Å². The summed E-state index contributed by atoms with van der Waals surface area (Å²) in [7, 11) is -7.17. The Morgan fingerprint density at radius 2 is 1.02 bits per heavy atom. The Labute approximate surface area is 257 Å². The van der Waals surface area contributed by atoms with E-state index in [-0.39, 0.29) is 49.5 Å². The van der Waals surface area contributed by atoms with Crippen LogP contribution in [0.25, 0.3) is 0 Å². The molecule has 1 aromatic carbocycles. The van der Waals surface area contributed by atoms with Crippen LogP contribution >= 0.6 is 0 Å². The van der Waals surface area contributed by atoms with Gasteiger partial charge in [-0.05, 0) is 58.1 Å². The number of sulfonamides is 2. The predicted octanol–water partition coefficient (Wildman–Crippen LogP) is 4.84. The van der Waals surface area contributed by atoms with Crippen molar-refractivity contribution in [1.82, 2.24) is 23.9 Å². The van der Waals surface area contributed by atoms with Crippen molar-refractivity contribution in [3.05, 3.63) is 94.6 Å². The Kier molecular flexibility index (Phi) is 11.5. The van der Waals surface area contributed by atoms with Gasteiger partial charge in [-0.2, -0.15) is 8.61 Å². The molecular weight excluding hydrogens is 583 g/mol. The molecule has 4 rings (SSSR count). The second-order valence-electron chi connectivity index (χ2n) is 12.4. The summed E-state index contributed by atoms with van der Waals surface area (Å²) < 4.78 is 57.4. The van der Waals surface area contributed by atoms with Gasteiger partial charge in [0.25, 0.3) is 0 Å². The molecule has 0 amide bonds. The van der Waals surface area contributed by atoms with E-state index in [4.69, 9.17) is 0 Å². The second kappa shape index (κ2) is 14.9. The molecule has 0 spiro atoms. The first-order valence-electron chi connectivity index (χ1n) is 15.0. The van der Waals surface area contributed by atoms with Crippen molar-refractivity contribution < 1.29 is 16.8 Å². The van der Waals surface area contributed by atoms with Crippen molar-refractivity contribution in [2.45, 2.75) is 79.8 Å². The molecule has 9 nitrogen and oxygen atoms in total. The number of nitrogens with one attached hydrogen (secondary N) is 1. The summed E-state index contributed by atoms with van der Waals surface area (Å²) in [6, 6.07) is 11.9. The molecule has 6 bridgehead atoms. The standard InChI is InChI=1S/C32H45N5O4S2/c1-25(2)8-10-42(38,39)36-21-28-7-5-6-27(12-28)15-33-16-29-13-30(18-34-17-29)22-37(43(40,41)11-9-26(3)4)24-32-14-31(23-36)19-35-20-32/h5-7,12-14,17-20,25-26,33H,8-11,15-16,21-24H2,1-4H3. The van der Waals surface area contributed by atoms with E-state index in [1.807, 2.05) is 64.1 Å². The fraction of sp³-hybridized carbons (Fsp3) is 0.500. The minimum Gasteiger partial charge on any atom is -0.309 e. The smallest absolute Gasteiger partial charge is 0.214 e. The lowest BCUT2D eigenvalue weighted by atomic mass is 10.1. The van der Waals surface area contributed by atoms with Gasteiger partial charge in [0.2, 0.25) is 20.0 Å². The molecule has 2 aromatic heterocycles. The van der Waals surface area contributed by atoms with Gasteiger partial charge >= 0.3 is 0 Å². The molecule has 43 heavy (non-hydrogen) atoms. The van der Waals surface area contributed by atoms with Gasteiger partial charge in [-0.25, -0.2) is 16.8 Å². The van der Waals surface area contributed by atoms with Crippen molar-refractivity contribution in [1.29, 1.82) is 0 Å². The molecule has 0 saturated heterocycles. The van der Waals surface area contributed by atoms with Crippen molar-refractivity contribution in [2.75, 3.05) is 11.5 Å². The van der Waals surface area contributed by atoms with E-state index in [1.165, 1.54) is 8.61 Å². The molecule has 1 aliphatic heterocycles. The van der Waals surface area contributed by atoms with Crippen LogP contribution in [0.1, 0.15) is 73.9 Å². The van der Waals surface area contributed by atoms with Crippen LogP contribution < -0.4 is 5.32 Å². The molecule has 0 aliphatic carbocycles. The summed E-state index contributed by atoms with van der Waals surface area (Å²) in [6.07, 6.45) is 7.95. The maximum atomic E-state index is 13.6. The van der Waals surface area contributed by atoms with Gasteiger partial charge in [-0.15, -0.1) is 0 Å². The molecular formula is C32H45N5O4S2. The largest absolute Gasteiger partial charge is 0.309 e. The van der Waals surface area contributed by atoms with E-state index in [2.05, 4.69) is 15.3 Å². The third-order valence-electron chi connectivity index (χ3n) is 7.48. The van der Waals surface area contributed by atoms with E-state index < -0.39 is 20.0 Å². The summed E-state index contributed by atoms with van der Waals surface area (Å²) in [5.74, 6) is 0.617. The normalized spacial score (nSPS) is 16.2. The van der Waals surface area contributed by atoms with Crippen LogP contribution in [-0.4, -0.2) is 46.9 Å². The average Bonchev–Trinajstić information content (AvgIpc) is 2.95. The molecule has 0 atom stereocenters. The second-order valence-corrected chi connectivity index (χ2v) is 16.5. The molecule has 0 saturated carbocycles. The van der Waals surface area contributed by atoms with E-state index in [0.717, 1.165) is 22.3 Å². The van der Waals surface area contributed by atoms with Gasteiger partial charge < -0.3 is 5.32 Å². The predicted molar refractivity (Wildman–Crippen MR) is 170 cm³/mol. The van der Waals surface area contributed by atoms with Crippen LogP contribution in [0.15, 0.2) is 61.2 Å². The first-order chi connectivity index (χ1) is 20.4. The van der Waals surface area contributed by atoms with Crippen molar-refractivity contribution in [3.8, 4) is 0 Å². The highest BCUT2D eigenvalue weighted by Gasteiger charge is 2.26. The highest BCUT2D eigenvalue weighted by atomic mass is 32.2. The number of fused-ring (bicyclic) bond motifs is 6. The highest BCUT2D eigenvalue weighted by molar-refractivity contribution is 7.89. The van der Waals surface area contributed by atoms with E-state index >= 15 is 0 Å². The lowest BCUT2D eigenvalue weighted by Gasteiger charge is -2.25. The molecule has 3 aromatic rings. The number of hydrogen-bond acceptors (Lipinski definition) is 7. The summed E-state index contributed by atoms with van der Waals surface area (Å²) in [6.45, 7) is 9.92. The van der Waals surface area contributed by atoms with Crippen LogP contribution in [0.2, 0.25) is 0 Å². The highest BCUT2D eigenvalue weighted by Crippen LogP contribution is 2.21. The van der Waals surface area contributed by atoms with Crippen molar-refractivity contribution in [3.63, 3.8) is 0 Å². The first kappa shape index (κ1) is 33.2. The van der Waals surface area contributed by atoms with Crippen LogP contribution in [0.3, 0.4) is 0 Å². The minimum absolute atomic E-state index is 0.0477. The minimum atomic E-state index is -3.59. The molecule has 0 fully saturated rings. The van der Waals surface area contributed by atoms with Gasteiger partial charge in [0.1, 0.15) is 0 Å². The lowest BCUT2D eigenvalue weighted by molar-refractivity contribution is 0.392. The molecule has 234 valence electrons. The number of rotatable bonds is 8. The summed E-state index contributed by atoms with van der Waals surface area (Å²) in [4.78, 5) is 8.80. The zero-order valence-electron chi connectivity index (χ0n) is 25.7. The number of aromatic nitrogens is 2. The summed E-state index contributed by atoms with van der Waals surface area (Å²) in [5.41, 5.74) is 5.14. The third kappa shape index (κ3) is 10.2. The summed E-state index contributed by atoms with van der Waals surface area (Å²) in [5, 5.41) is 3.45. The van der Waals surface area contributed by atoms with Crippen molar-refractivity contribution >= 4 is 20.0 Å². The Morgan fingerprint density at radius 1 is 0.628 bits per heavy atom. The lowest BCUT2D eigenvalue weighted by Crippen LogP contribution is -2.33. The van der Waals surface area contributed by atoms with E-state index in [1.54, 1.807) is 24.8 Å². The van der Waals surface area contributed by atoms with Crippen LogP contribution in [0, 0.1) is 11.8 Å². The quantitative estimate of drug-likeness (QED) is 0.381. The Morgan fingerprint density at radius 3 is 1.53 bits per heavy atom. The monoisotopic (exact) mass is 627 g/mol. The maximum Gasteiger partial charge on any atom is 0.214 e. The molecule has 3 heterocycles. The maximum absolute atomic E-state index is 13.6. The van der Waals surface area contributed by atoms with E-state index in [0.29, 0.717) is 37.1 Å². The Bertz CT molecular complexity index is 1460. The van der Waals surface area contributed by atoms with Crippen LogP contribution in [0.5, 0.6) is 0 Å².